The van der Waals surface area contributed by atoms with Crippen molar-refractivity contribution in [2.75, 3.05) is 0 Å². The van der Waals surface area contributed by atoms with Gasteiger partial charge in [0, 0.05) is 29.3 Å². The monoisotopic (exact) mass is 808 g/mol. The van der Waals surface area contributed by atoms with Gasteiger partial charge in [-0.25, -0.2) is 0 Å². The molecule has 1 aliphatic heterocycles. The van der Waals surface area contributed by atoms with Crippen molar-refractivity contribution in [1.29, 1.82) is 0 Å². The third kappa shape index (κ3) is 5.32. The molecule has 13 rings (SSSR count). The summed E-state index contributed by atoms with van der Waals surface area (Å²) >= 11 is 0. The summed E-state index contributed by atoms with van der Waals surface area (Å²) in [5.74, 6) is 10.3. The molecule has 0 aromatic rings. The van der Waals surface area contributed by atoms with Crippen LogP contribution in [-0.4, -0.2) is 17.0 Å². The number of hydrogen-bond donors (Lipinski definition) is 0. The van der Waals surface area contributed by atoms with Crippen molar-refractivity contribution in [2.24, 2.45) is 93.7 Å². The van der Waals surface area contributed by atoms with E-state index in [-0.39, 0.29) is 12.0 Å². The molecule has 4 fully saturated rings. The van der Waals surface area contributed by atoms with Gasteiger partial charge in [0.2, 0.25) is 0 Å². The van der Waals surface area contributed by atoms with Gasteiger partial charge in [-0.3, -0.25) is 0 Å². The molecule has 0 saturated heterocycles. The molecule has 17 unspecified atom stereocenters. The van der Waals surface area contributed by atoms with Crippen LogP contribution in [-0.2, 0) is 4.74 Å². The van der Waals surface area contributed by atoms with E-state index in [1.165, 1.54) is 74.8 Å². The first-order valence-corrected chi connectivity index (χ1v) is 25.3. The van der Waals surface area contributed by atoms with E-state index >= 15 is 0 Å². The highest BCUT2D eigenvalue weighted by atomic mass is 16.5. The maximum Gasteiger partial charge on any atom is 0.129 e. The fourth-order valence-electron chi connectivity index (χ4n) is 18.1. The van der Waals surface area contributed by atoms with Crippen molar-refractivity contribution < 1.29 is 4.74 Å². The second kappa shape index (κ2) is 14.1. The number of hydrogen-bond acceptors (Lipinski definition) is 2. The molecule has 17 atom stereocenters. The summed E-state index contributed by atoms with van der Waals surface area (Å²) in [6.45, 7) is 7.87. The van der Waals surface area contributed by atoms with Crippen molar-refractivity contribution in [1.82, 2.24) is 4.90 Å². The predicted molar refractivity (Wildman–Crippen MR) is 249 cm³/mol. The van der Waals surface area contributed by atoms with Gasteiger partial charge in [-0.15, -0.1) is 0 Å². The van der Waals surface area contributed by atoms with Crippen molar-refractivity contribution in [2.45, 2.75) is 110 Å². The summed E-state index contributed by atoms with van der Waals surface area (Å²) in [7, 11) is 0. The molecule has 316 valence electrons. The van der Waals surface area contributed by atoms with Crippen molar-refractivity contribution in [3.05, 3.63) is 155 Å². The minimum Gasteiger partial charge on any atom is -0.489 e. The Kier molecular flexibility index (Phi) is 8.73. The van der Waals surface area contributed by atoms with Gasteiger partial charge in [0.15, 0.2) is 0 Å². The summed E-state index contributed by atoms with van der Waals surface area (Å²) in [6, 6.07) is 0.344. The molecule has 1 spiro atoms. The maximum atomic E-state index is 6.88. The Morgan fingerprint density at radius 2 is 1.67 bits per heavy atom. The van der Waals surface area contributed by atoms with Gasteiger partial charge in [0.05, 0.1) is 12.0 Å². The maximum absolute atomic E-state index is 6.88. The van der Waals surface area contributed by atoms with Crippen LogP contribution in [0.2, 0.25) is 0 Å². The van der Waals surface area contributed by atoms with Crippen molar-refractivity contribution in [3.63, 3.8) is 0 Å². The van der Waals surface area contributed by atoms with Crippen LogP contribution in [0.3, 0.4) is 0 Å². The Hall–Kier alpha value is -3.78. The lowest BCUT2D eigenvalue weighted by Crippen LogP contribution is -2.50. The SMILES string of the molecule is CC1CCCC2C3=CCCCC3C3(C4C=C(C5C=CC=CC5)C=CC4C4C=CC(N(C5=CCC6C(C5)C5C=CC=CC5C6(C)C)C5=CC=CC6OC7=C(C=CCC7)C56)CC43)C12. The van der Waals surface area contributed by atoms with E-state index in [1.807, 2.05) is 5.57 Å². The highest BCUT2D eigenvalue weighted by molar-refractivity contribution is 5.47. The van der Waals surface area contributed by atoms with E-state index < -0.39 is 0 Å². The largest absolute Gasteiger partial charge is 0.489 e. The van der Waals surface area contributed by atoms with Crippen LogP contribution in [0.1, 0.15) is 97.8 Å². The fraction of sp³-hybridized carbons (Fsp3) is 0.559. The molecule has 0 bridgehead atoms. The number of ether oxygens (including phenoxy) is 1. The molecule has 0 radical (unpaired) electrons. The molecule has 2 heteroatoms. The van der Waals surface area contributed by atoms with Gasteiger partial charge in [-0.1, -0.05) is 149 Å². The Morgan fingerprint density at radius 1 is 0.754 bits per heavy atom. The third-order valence-electron chi connectivity index (χ3n) is 20.2. The van der Waals surface area contributed by atoms with E-state index in [9.17, 15) is 0 Å². The number of fused-ring (bicyclic) bond motifs is 15. The Morgan fingerprint density at radius 3 is 2.59 bits per heavy atom. The van der Waals surface area contributed by atoms with E-state index in [4.69, 9.17) is 4.74 Å². The second-order valence-corrected chi connectivity index (χ2v) is 22.7. The average molecular weight is 808 g/mol. The van der Waals surface area contributed by atoms with Gasteiger partial charge in [0.25, 0.3) is 0 Å². The zero-order chi connectivity index (χ0) is 40.6. The smallest absolute Gasteiger partial charge is 0.129 e. The summed E-state index contributed by atoms with van der Waals surface area (Å²) in [5.41, 5.74) is 8.72. The van der Waals surface area contributed by atoms with E-state index in [1.54, 1.807) is 11.3 Å². The Labute approximate surface area is 367 Å². The molecule has 0 aromatic heterocycles. The quantitative estimate of drug-likeness (QED) is 0.262. The predicted octanol–water partition coefficient (Wildman–Crippen LogP) is 13.9. The van der Waals surface area contributed by atoms with Crippen LogP contribution >= 0.6 is 0 Å². The van der Waals surface area contributed by atoms with Crippen LogP contribution in [0.4, 0.5) is 0 Å². The highest BCUT2D eigenvalue weighted by Gasteiger charge is 2.71. The molecule has 13 aliphatic rings. The Balaban J connectivity index is 0.950. The normalized spacial score (nSPS) is 47.3. The van der Waals surface area contributed by atoms with E-state index in [0.717, 1.165) is 42.9 Å². The topological polar surface area (TPSA) is 12.5 Å². The first-order chi connectivity index (χ1) is 29.9. The van der Waals surface area contributed by atoms with Gasteiger partial charge < -0.3 is 9.64 Å². The summed E-state index contributed by atoms with van der Waals surface area (Å²) in [6.07, 6.45) is 66.3. The zero-order valence-corrected chi connectivity index (χ0v) is 37.1. The minimum atomic E-state index is 0.0976. The lowest BCUT2D eigenvalue weighted by molar-refractivity contribution is -0.0294. The molecular formula is C59H69NO. The molecule has 1 heterocycles. The third-order valence-corrected chi connectivity index (χ3v) is 20.2. The highest BCUT2D eigenvalue weighted by Crippen LogP contribution is 2.77. The Bertz CT molecular complexity index is 2270. The van der Waals surface area contributed by atoms with Gasteiger partial charge in [-0.2, -0.15) is 0 Å². The number of allylic oxidation sites excluding steroid dienone is 22. The second-order valence-electron chi connectivity index (χ2n) is 22.7. The van der Waals surface area contributed by atoms with Crippen LogP contribution in [0.5, 0.6) is 0 Å². The molecular weight excluding hydrogens is 739 g/mol. The molecule has 0 amide bonds. The molecule has 4 saturated carbocycles. The summed E-state index contributed by atoms with van der Waals surface area (Å²) in [4.78, 5) is 2.99. The van der Waals surface area contributed by atoms with Crippen LogP contribution in [0, 0.1) is 93.7 Å². The first kappa shape index (κ1) is 37.7. The van der Waals surface area contributed by atoms with Crippen molar-refractivity contribution in [3.8, 4) is 0 Å². The first-order valence-electron chi connectivity index (χ1n) is 25.3. The van der Waals surface area contributed by atoms with Crippen LogP contribution in [0.15, 0.2) is 155 Å². The van der Waals surface area contributed by atoms with E-state index in [0.29, 0.717) is 70.1 Å². The molecule has 12 aliphatic carbocycles. The van der Waals surface area contributed by atoms with E-state index in [2.05, 4.69) is 147 Å². The molecule has 0 N–H and O–H groups in total. The molecule has 2 nitrogen and oxygen atoms in total. The number of rotatable bonds is 4. The van der Waals surface area contributed by atoms with Gasteiger partial charge in [0.1, 0.15) is 11.9 Å². The molecule has 0 aromatic carbocycles. The van der Waals surface area contributed by atoms with Crippen LogP contribution < -0.4 is 0 Å². The average Bonchev–Trinajstić information content (AvgIpc) is 3.99. The van der Waals surface area contributed by atoms with Crippen LogP contribution in [0.25, 0.3) is 0 Å². The lowest BCUT2D eigenvalue weighted by atomic mass is 9.52. The molecule has 61 heavy (non-hydrogen) atoms. The summed E-state index contributed by atoms with van der Waals surface area (Å²) in [5, 5.41) is 0. The summed E-state index contributed by atoms with van der Waals surface area (Å²) < 4.78 is 6.88. The lowest BCUT2D eigenvalue weighted by Gasteiger charge is -2.53. The van der Waals surface area contributed by atoms with Gasteiger partial charge >= 0.3 is 0 Å². The number of nitrogens with zero attached hydrogens (tertiary/aromatic N) is 1. The fourth-order valence-corrected chi connectivity index (χ4v) is 18.1. The van der Waals surface area contributed by atoms with Gasteiger partial charge in [-0.05, 0) is 157 Å². The standard InChI is InChI=1S/C59H69NO/c1-36-15-13-21-45-41-18-8-11-23-50(41)59(57(36)45)51-33-38(37-16-5-4-6-17-37)27-30-43(51)44-31-28-40(35-52(44)59)60(53-24-14-26-55-56(53)46-20-9-12-25-54(46)61-55)39-29-32-49-47(34-39)42-19-7-10-22-48(42)58(49,2)3/h4-7,9-10,14,16,18-20,22,24,26-31,33,36-37,40,42-45,47-52,55-57H,8,11-13,15,17,21,23,25,32,34-35H2,1-3H3. The van der Waals surface area contributed by atoms with Crippen molar-refractivity contribution >= 4 is 0 Å². The zero-order valence-electron chi connectivity index (χ0n) is 37.1. The minimum absolute atomic E-state index is 0.0976.